The molecular formula is C15H19ClN4O. The average molecular weight is 307 g/mol. The van der Waals surface area contributed by atoms with E-state index >= 15 is 0 Å². The Bertz CT molecular complexity index is 589. The standard InChI is InChI=1S/C15H19ClN4O/c1-3-8-20(10-11-4-6-12(17)7-5-11)14-13(16)9-18-15(19-14)21-2/h4-7,9H,3,8,10,17H2,1-2H3. The third-order valence-electron chi connectivity index (χ3n) is 3.03. The second kappa shape index (κ2) is 7.13. The third kappa shape index (κ3) is 3.98. The van der Waals surface area contributed by atoms with Crippen molar-refractivity contribution < 1.29 is 4.74 Å². The fourth-order valence-corrected chi connectivity index (χ4v) is 2.25. The Morgan fingerprint density at radius 1 is 1.29 bits per heavy atom. The molecule has 0 saturated heterocycles. The van der Waals surface area contributed by atoms with Crippen molar-refractivity contribution >= 4 is 23.1 Å². The molecule has 1 aromatic heterocycles. The van der Waals surface area contributed by atoms with Gasteiger partial charge in [-0.1, -0.05) is 30.7 Å². The number of hydrogen-bond donors (Lipinski definition) is 1. The Balaban J connectivity index is 2.27. The molecule has 0 spiro atoms. The molecule has 21 heavy (non-hydrogen) atoms. The van der Waals surface area contributed by atoms with Gasteiger partial charge in [0.2, 0.25) is 0 Å². The molecule has 5 nitrogen and oxygen atoms in total. The van der Waals surface area contributed by atoms with Crippen LogP contribution in [0.1, 0.15) is 18.9 Å². The predicted molar refractivity (Wildman–Crippen MR) is 85.8 cm³/mol. The summed E-state index contributed by atoms with van der Waals surface area (Å²) in [6.07, 6.45) is 2.55. The Labute approximate surface area is 129 Å². The minimum absolute atomic E-state index is 0.313. The van der Waals surface area contributed by atoms with Gasteiger partial charge in [-0.05, 0) is 24.1 Å². The van der Waals surface area contributed by atoms with Crippen LogP contribution < -0.4 is 15.4 Å². The molecule has 0 saturated carbocycles. The largest absolute Gasteiger partial charge is 0.467 e. The number of nitrogens with two attached hydrogens (primary N) is 1. The molecule has 0 fully saturated rings. The first-order chi connectivity index (χ1) is 10.1. The minimum Gasteiger partial charge on any atom is -0.467 e. The van der Waals surface area contributed by atoms with E-state index in [4.69, 9.17) is 22.1 Å². The monoisotopic (exact) mass is 306 g/mol. The summed E-state index contributed by atoms with van der Waals surface area (Å²) in [5, 5.41) is 0.514. The summed E-state index contributed by atoms with van der Waals surface area (Å²) in [4.78, 5) is 10.5. The molecule has 1 aromatic carbocycles. The highest BCUT2D eigenvalue weighted by Gasteiger charge is 2.14. The van der Waals surface area contributed by atoms with Crippen LogP contribution in [-0.4, -0.2) is 23.6 Å². The number of nitrogen functional groups attached to an aromatic ring is 1. The molecular weight excluding hydrogens is 288 g/mol. The molecule has 0 aliphatic rings. The second-order valence-corrected chi connectivity index (χ2v) is 5.10. The lowest BCUT2D eigenvalue weighted by atomic mass is 10.2. The Hall–Kier alpha value is -2.01. The van der Waals surface area contributed by atoms with E-state index in [1.54, 1.807) is 6.20 Å². The van der Waals surface area contributed by atoms with Gasteiger partial charge in [-0.15, -0.1) is 0 Å². The molecule has 2 aromatic rings. The number of nitrogens with zero attached hydrogens (tertiary/aromatic N) is 3. The maximum absolute atomic E-state index is 6.23. The van der Waals surface area contributed by atoms with Crippen molar-refractivity contribution in [1.82, 2.24) is 9.97 Å². The average Bonchev–Trinajstić information content (AvgIpc) is 2.49. The predicted octanol–water partition coefficient (Wildman–Crippen LogP) is 3.14. The first kappa shape index (κ1) is 15.4. The van der Waals surface area contributed by atoms with Gasteiger partial charge in [0.1, 0.15) is 5.02 Å². The van der Waals surface area contributed by atoms with E-state index in [-0.39, 0.29) is 0 Å². The summed E-state index contributed by atoms with van der Waals surface area (Å²) in [5.74, 6) is 0.683. The van der Waals surface area contributed by atoms with Gasteiger partial charge in [-0.25, -0.2) is 4.98 Å². The highest BCUT2D eigenvalue weighted by molar-refractivity contribution is 6.32. The van der Waals surface area contributed by atoms with Crippen LogP contribution in [0.5, 0.6) is 6.01 Å². The molecule has 6 heteroatoms. The number of rotatable bonds is 6. The van der Waals surface area contributed by atoms with Gasteiger partial charge >= 0.3 is 6.01 Å². The Kier molecular flexibility index (Phi) is 5.22. The summed E-state index contributed by atoms with van der Waals surface area (Å²) in [6.45, 7) is 3.65. The van der Waals surface area contributed by atoms with Crippen LogP contribution in [-0.2, 0) is 6.54 Å². The lowest BCUT2D eigenvalue weighted by molar-refractivity contribution is 0.379. The van der Waals surface area contributed by atoms with Crippen molar-refractivity contribution in [3.8, 4) is 6.01 Å². The van der Waals surface area contributed by atoms with Gasteiger partial charge in [-0.2, -0.15) is 4.98 Å². The maximum atomic E-state index is 6.23. The minimum atomic E-state index is 0.313. The van der Waals surface area contributed by atoms with E-state index < -0.39 is 0 Å². The Morgan fingerprint density at radius 2 is 2.00 bits per heavy atom. The molecule has 0 amide bonds. The molecule has 112 valence electrons. The van der Waals surface area contributed by atoms with Crippen molar-refractivity contribution in [3.05, 3.63) is 41.0 Å². The van der Waals surface area contributed by atoms with Crippen LogP contribution in [0.15, 0.2) is 30.5 Å². The van der Waals surface area contributed by atoms with E-state index in [2.05, 4.69) is 21.8 Å². The zero-order chi connectivity index (χ0) is 15.2. The van der Waals surface area contributed by atoms with Crippen molar-refractivity contribution in [1.29, 1.82) is 0 Å². The van der Waals surface area contributed by atoms with Crippen LogP contribution in [0.25, 0.3) is 0 Å². The zero-order valence-corrected chi connectivity index (χ0v) is 13.0. The molecule has 2 rings (SSSR count). The number of methoxy groups -OCH3 is 1. The summed E-state index contributed by atoms with van der Waals surface area (Å²) in [7, 11) is 1.54. The van der Waals surface area contributed by atoms with Crippen molar-refractivity contribution in [2.75, 3.05) is 24.3 Å². The van der Waals surface area contributed by atoms with Crippen molar-refractivity contribution in [3.63, 3.8) is 0 Å². The first-order valence-electron chi connectivity index (χ1n) is 6.80. The number of anilines is 2. The zero-order valence-electron chi connectivity index (χ0n) is 12.2. The van der Waals surface area contributed by atoms with Gasteiger partial charge in [0.15, 0.2) is 5.82 Å². The summed E-state index contributed by atoms with van der Waals surface area (Å²) >= 11 is 6.23. The SMILES string of the molecule is CCCN(Cc1ccc(N)cc1)c1nc(OC)ncc1Cl. The second-order valence-electron chi connectivity index (χ2n) is 4.69. The van der Waals surface area contributed by atoms with Crippen LogP contribution in [0.2, 0.25) is 5.02 Å². The molecule has 0 radical (unpaired) electrons. The molecule has 0 unspecified atom stereocenters. The number of ether oxygens (including phenoxy) is 1. The third-order valence-corrected chi connectivity index (χ3v) is 3.30. The lowest BCUT2D eigenvalue weighted by Gasteiger charge is -2.24. The molecule has 0 aliphatic heterocycles. The van der Waals surface area contributed by atoms with E-state index in [9.17, 15) is 0 Å². The summed E-state index contributed by atoms with van der Waals surface area (Å²) < 4.78 is 5.08. The number of aromatic nitrogens is 2. The van der Waals surface area contributed by atoms with Gasteiger partial charge in [0.25, 0.3) is 0 Å². The normalized spacial score (nSPS) is 10.4. The van der Waals surface area contributed by atoms with Gasteiger partial charge in [0.05, 0.1) is 13.3 Å². The molecule has 0 aliphatic carbocycles. The fourth-order valence-electron chi connectivity index (χ4n) is 2.04. The number of benzene rings is 1. The van der Waals surface area contributed by atoms with Crippen molar-refractivity contribution in [2.45, 2.75) is 19.9 Å². The van der Waals surface area contributed by atoms with Gasteiger partial charge in [0, 0.05) is 18.8 Å². The fraction of sp³-hybridized carbons (Fsp3) is 0.333. The van der Waals surface area contributed by atoms with E-state index in [0.29, 0.717) is 23.4 Å². The van der Waals surface area contributed by atoms with Gasteiger partial charge < -0.3 is 15.4 Å². The highest BCUT2D eigenvalue weighted by Crippen LogP contribution is 2.26. The topological polar surface area (TPSA) is 64.3 Å². The van der Waals surface area contributed by atoms with Crippen LogP contribution in [0, 0.1) is 0 Å². The van der Waals surface area contributed by atoms with E-state index in [0.717, 1.165) is 24.2 Å². The molecule has 2 N–H and O–H groups in total. The first-order valence-corrected chi connectivity index (χ1v) is 7.17. The molecule has 0 bridgehead atoms. The molecule has 1 heterocycles. The van der Waals surface area contributed by atoms with Gasteiger partial charge in [-0.3, -0.25) is 0 Å². The van der Waals surface area contributed by atoms with Crippen LogP contribution in [0.4, 0.5) is 11.5 Å². The van der Waals surface area contributed by atoms with E-state index in [1.807, 2.05) is 24.3 Å². The summed E-state index contributed by atoms with van der Waals surface area (Å²) in [6, 6.07) is 8.10. The number of hydrogen-bond acceptors (Lipinski definition) is 5. The highest BCUT2D eigenvalue weighted by atomic mass is 35.5. The van der Waals surface area contributed by atoms with Crippen LogP contribution >= 0.6 is 11.6 Å². The lowest BCUT2D eigenvalue weighted by Crippen LogP contribution is -2.25. The van der Waals surface area contributed by atoms with Crippen molar-refractivity contribution in [2.24, 2.45) is 0 Å². The van der Waals surface area contributed by atoms with E-state index in [1.165, 1.54) is 7.11 Å². The number of halogens is 1. The molecule has 0 atom stereocenters. The smallest absolute Gasteiger partial charge is 0.318 e. The summed E-state index contributed by atoms with van der Waals surface area (Å²) in [5.41, 5.74) is 7.61. The van der Waals surface area contributed by atoms with Crippen LogP contribution in [0.3, 0.4) is 0 Å². The Morgan fingerprint density at radius 3 is 2.62 bits per heavy atom. The maximum Gasteiger partial charge on any atom is 0.318 e. The quantitative estimate of drug-likeness (QED) is 0.831.